The number of hydrogen-bond donors (Lipinski definition) is 0. The Kier molecular flexibility index (Phi) is 34.1. The third-order valence-corrected chi connectivity index (χ3v) is 28.7. The zero-order valence-electron chi connectivity index (χ0n) is 59.7. The van der Waals surface area contributed by atoms with Crippen molar-refractivity contribution < 1.29 is 40.8 Å². The average molecular weight is 1770 g/mol. The van der Waals surface area contributed by atoms with Gasteiger partial charge in [-0.1, -0.05) is 394 Å². The second kappa shape index (κ2) is 43.9. The smallest absolute Gasteiger partial charge is 0.225 e. The van der Waals surface area contributed by atoms with Gasteiger partial charge in [-0.2, -0.15) is 4.98 Å². The van der Waals surface area contributed by atoms with Crippen LogP contribution in [0.5, 0.6) is 0 Å². The zero-order valence-corrected chi connectivity index (χ0v) is 70.3. The van der Waals surface area contributed by atoms with Crippen molar-refractivity contribution in [2.24, 2.45) is 0 Å². The summed E-state index contributed by atoms with van der Waals surface area (Å²) in [6.45, 7) is 3.82. The van der Waals surface area contributed by atoms with E-state index in [0.29, 0.717) is 0 Å². The molecule has 0 N–H and O–H groups in total. The molecule has 0 saturated carbocycles. The Labute approximate surface area is 687 Å². The van der Waals surface area contributed by atoms with Crippen LogP contribution in [0.2, 0.25) is 10.3 Å². The number of thiophene rings is 1. The zero-order chi connectivity index (χ0) is 73.0. The first kappa shape index (κ1) is 83.1. The Morgan fingerprint density at radius 2 is 0.607 bits per heavy atom. The van der Waals surface area contributed by atoms with Gasteiger partial charge in [-0.25, -0.2) is 4.98 Å². The van der Waals surface area contributed by atoms with Crippen LogP contribution >= 0.6 is 82.2 Å². The third-order valence-electron chi connectivity index (χ3n) is 16.7. The van der Waals surface area contributed by atoms with Crippen LogP contribution in [0.15, 0.2) is 405 Å². The van der Waals surface area contributed by atoms with Gasteiger partial charge < -0.3 is 9.80 Å². The van der Waals surface area contributed by atoms with Gasteiger partial charge in [0.25, 0.3) is 0 Å². The van der Waals surface area contributed by atoms with Crippen LogP contribution in [-0.2, 0) is 47.3 Å². The standard InChI is InChI=1S/4C18H15P.C13H14ClN.C8H7BrClN3S.2Pd/c4*1-4-10-16(11-5-1)19(17-12-6-2-7-13-17)18-14-8-3-9-15-18;1-4-9-5-6-11-12(9)7-10(14)8-13(11)15(2)3;1-13(2)7-6-5(4(9)3-14-6)11-8(10)12-7;;/h4*1-15H;4-5,7-8H,1,6H2,2-3H3;3H,1-2H3;;. The molecule has 0 aliphatic heterocycles. The van der Waals surface area contributed by atoms with Crippen molar-refractivity contribution >= 4 is 173 Å². The SMILES string of the molecule is C=CC1=CCc2c1cc(Cl)cc2N(C)C.CN(C)c1nc(Cl)nc2c(Br)csc12.[Pd].[Pd].c1ccc(P(c2ccccc2)c2ccccc2)cc1.c1ccc(P(c2ccccc2)c2ccccc2)cc1.c1ccc(P(c2ccccc2)c2ccccc2)cc1.c1ccc(P(c2ccccc2)c2ccccc2)cc1. The molecule has 107 heavy (non-hydrogen) atoms. The van der Waals surface area contributed by atoms with Crippen molar-refractivity contribution in [3.8, 4) is 0 Å². The number of fused-ring (bicyclic) bond motifs is 2. The van der Waals surface area contributed by atoms with E-state index >= 15 is 0 Å². The van der Waals surface area contributed by atoms with E-state index in [9.17, 15) is 0 Å². The monoisotopic (exact) mass is 1770 g/mol. The molecule has 0 fully saturated rings. The van der Waals surface area contributed by atoms with E-state index in [-0.39, 0.29) is 46.1 Å². The van der Waals surface area contributed by atoms with Gasteiger partial charge in [-0.3, -0.25) is 0 Å². The Hall–Kier alpha value is -7.92. The molecule has 0 radical (unpaired) electrons. The minimum atomic E-state index is -0.446. The van der Waals surface area contributed by atoms with Gasteiger partial charge in [0, 0.05) is 85.1 Å². The summed E-state index contributed by atoms with van der Waals surface area (Å²) in [7, 11) is 6.17. The van der Waals surface area contributed by atoms with Crippen molar-refractivity contribution in [3.63, 3.8) is 0 Å². The molecule has 2 aromatic heterocycles. The largest absolute Gasteiger partial charge is 0.377 e. The van der Waals surface area contributed by atoms with E-state index in [4.69, 9.17) is 23.2 Å². The summed E-state index contributed by atoms with van der Waals surface area (Å²) in [5, 5.41) is 19.8. The number of allylic oxidation sites excluding steroid dienone is 3. The first-order chi connectivity index (χ1) is 51.5. The first-order valence-electron chi connectivity index (χ1n) is 34.4. The quantitative estimate of drug-likeness (QED) is 0.0582. The topological polar surface area (TPSA) is 32.3 Å². The van der Waals surface area contributed by atoms with Crippen LogP contribution in [0.4, 0.5) is 11.5 Å². The molecule has 1 aliphatic carbocycles. The number of halogens is 3. The Balaban J connectivity index is 0.000000148. The fraction of sp³-hybridized carbons (Fsp3) is 0.0538. The predicted octanol–water partition coefficient (Wildman–Crippen LogP) is 20.5. The maximum absolute atomic E-state index is 6.11. The van der Waals surface area contributed by atoms with Gasteiger partial charge >= 0.3 is 0 Å². The van der Waals surface area contributed by atoms with E-state index in [1.165, 1.54) is 86.0 Å². The molecule has 13 aromatic carbocycles. The number of hydrogen-bond acceptors (Lipinski definition) is 5. The fourth-order valence-electron chi connectivity index (χ4n) is 11.9. The van der Waals surface area contributed by atoms with Gasteiger partial charge in [0.15, 0.2) is 5.82 Å². The molecule has 0 bridgehead atoms. The van der Waals surface area contributed by atoms with E-state index < -0.39 is 31.7 Å². The molecular weight excluding hydrogens is 1690 g/mol. The van der Waals surface area contributed by atoms with Crippen molar-refractivity contribution in [3.05, 3.63) is 426 Å². The molecule has 0 unspecified atom stereocenters. The first-order valence-corrected chi connectivity index (χ1v) is 42.2. The summed E-state index contributed by atoms with van der Waals surface area (Å²) < 4.78 is 2.01. The number of nitrogens with zero attached hydrogens (tertiary/aromatic N) is 4. The molecule has 0 atom stereocenters. The molecule has 4 nitrogen and oxygen atoms in total. The summed E-state index contributed by atoms with van der Waals surface area (Å²) >= 11 is 17.0. The maximum atomic E-state index is 6.11. The molecule has 0 saturated heterocycles. The Bertz CT molecular complexity index is 4250. The molecule has 14 heteroatoms. The normalized spacial score (nSPS) is 10.8. The van der Waals surface area contributed by atoms with Gasteiger partial charge in [-0.05, 0) is 158 Å². The summed E-state index contributed by atoms with van der Waals surface area (Å²) in [6.07, 6.45) is 5.06. The predicted molar refractivity (Wildman–Crippen MR) is 473 cm³/mol. The van der Waals surface area contributed by atoms with Gasteiger partial charge in [0.2, 0.25) is 5.28 Å². The van der Waals surface area contributed by atoms with Crippen molar-refractivity contribution in [1.29, 1.82) is 0 Å². The second-order valence-corrected chi connectivity index (χ2v) is 35.6. The van der Waals surface area contributed by atoms with E-state index in [1.807, 2.05) is 56.7 Å². The summed E-state index contributed by atoms with van der Waals surface area (Å²) in [6, 6.07) is 133. The van der Waals surface area contributed by atoms with Crippen molar-refractivity contribution in [2.45, 2.75) is 6.42 Å². The van der Waals surface area contributed by atoms with Crippen molar-refractivity contribution in [2.75, 3.05) is 38.0 Å². The second-order valence-electron chi connectivity index (χ2n) is 24.3. The number of anilines is 2. The van der Waals surface area contributed by atoms with Crippen LogP contribution < -0.4 is 73.5 Å². The third kappa shape index (κ3) is 23.6. The van der Waals surface area contributed by atoms with Crippen LogP contribution in [-0.4, -0.2) is 38.2 Å². The molecule has 15 aromatic rings. The summed E-state index contributed by atoms with van der Waals surface area (Å²) in [4.78, 5) is 12.4. The fourth-order valence-corrected chi connectivity index (χ4v) is 23.1. The Morgan fingerprint density at radius 3 is 0.822 bits per heavy atom. The van der Waals surface area contributed by atoms with Crippen molar-refractivity contribution in [1.82, 2.24) is 9.97 Å². The van der Waals surface area contributed by atoms with Gasteiger partial charge in [0.1, 0.15) is 5.52 Å². The number of aromatic nitrogens is 2. The average Bonchev–Trinajstić information content (AvgIpc) is 1.68. The number of rotatable bonds is 15. The minimum absolute atomic E-state index is 0. The van der Waals surface area contributed by atoms with E-state index in [0.717, 1.165) is 32.0 Å². The molecular formula is C93H81BrCl2N4P4Pd2S. The molecule has 1 aliphatic rings. The maximum Gasteiger partial charge on any atom is 0.225 e. The minimum Gasteiger partial charge on any atom is -0.377 e. The summed E-state index contributed by atoms with van der Waals surface area (Å²) in [5.74, 6) is 0.857. The van der Waals surface area contributed by atoms with Crippen LogP contribution in [0.25, 0.3) is 15.8 Å². The Morgan fingerprint density at radius 1 is 0.364 bits per heavy atom. The summed E-state index contributed by atoms with van der Waals surface area (Å²) in [5.41, 5.74) is 5.83. The van der Waals surface area contributed by atoms with E-state index in [1.54, 1.807) is 11.3 Å². The van der Waals surface area contributed by atoms with Crippen LogP contribution in [0.1, 0.15) is 11.1 Å². The number of benzene rings is 13. The molecule has 0 spiro atoms. The van der Waals surface area contributed by atoms with E-state index in [2.05, 4.69) is 407 Å². The van der Waals surface area contributed by atoms with Crippen LogP contribution in [0.3, 0.4) is 0 Å². The van der Waals surface area contributed by atoms with Gasteiger partial charge in [-0.15, -0.1) is 11.3 Å². The molecule has 540 valence electrons. The van der Waals surface area contributed by atoms with Crippen LogP contribution in [0, 0.1) is 0 Å². The molecule has 2 heterocycles. The molecule has 0 amide bonds. The van der Waals surface area contributed by atoms with Gasteiger partial charge in [0.05, 0.1) is 9.17 Å². The molecule has 16 rings (SSSR count).